The molecule has 9 nitrogen and oxygen atoms in total. The lowest BCUT2D eigenvalue weighted by Gasteiger charge is -2.40. The van der Waals surface area contributed by atoms with E-state index in [4.69, 9.17) is 9.47 Å². The number of hydrogen-bond donors (Lipinski definition) is 6. The van der Waals surface area contributed by atoms with E-state index in [0.29, 0.717) is 6.42 Å². The molecule has 0 bridgehead atoms. The highest BCUT2D eigenvalue weighted by atomic mass is 16.7. The largest absolute Gasteiger partial charge is 0.394 e. The fraction of sp³-hybridized carbons (Fsp3) is 0.696. The number of carbonyl (C=O) groups excluding carboxylic acids is 1. The summed E-state index contributed by atoms with van der Waals surface area (Å²) in [6.07, 6.45) is 57.6. The van der Waals surface area contributed by atoms with Gasteiger partial charge in [-0.15, -0.1) is 0 Å². The Bertz CT molecular complexity index is 1330. The second kappa shape index (κ2) is 44.9. The second-order valence-electron chi connectivity index (χ2n) is 17.6. The summed E-state index contributed by atoms with van der Waals surface area (Å²) in [5.41, 5.74) is 0. The predicted molar refractivity (Wildman–Crippen MR) is 271 cm³/mol. The van der Waals surface area contributed by atoms with E-state index < -0.39 is 49.5 Å². The zero-order valence-corrected chi connectivity index (χ0v) is 41.0. The molecule has 1 aliphatic heterocycles. The minimum Gasteiger partial charge on any atom is -0.394 e. The lowest BCUT2D eigenvalue weighted by molar-refractivity contribution is -0.302. The van der Waals surface area contributed by atoms with Crippen molar-refractivity contribution in [3.8, 4) is 0 Å². The van der Waals surface area contributed by atoms with Gasteiger partial charge in [0.1, 0.15) is 24.4 Å². The Morgan fingerprint density at radius 1 is 0.538 bits per heavy atom. The number of rotatable bonds is 42. The SMILES string of the molecule is CC/C=C\C/C=C\C/C=C\C/C=C\C/C=C\C/C=C\C/C=C\CCCCCCCCCCCCCC(=O)NC(COC1OC(CO)C(O)C(O)C1O)C(O)/C=C/CCCCCCCCC. The maximum Gasteiger partial charge on any atom is 0.220 e. The first kappa shape index (κ1) is 60.1. The van der Waals surface area contributed by atoms with Crippen LogP contribution in [0.15, 0.2) is 97.2 Å². The van der Waals surface area contributed by atoms with Gasteiger partial charge in [0, 0.05) is 6.42 Å². The van der Waals surface area contributed by atoms with Gasteiger partial charge in [-0.2, -0.15) is 0 Å². The van der Waals surface area contributed by atoms with Gasteiger partial charge in [0.15, 0.2) is 6.29 Å². The molecular weight excluding hydrogens is 815 g/mol. The van der Waals surface area contributed by atoms with Crippen molar-refractivity contribution in [1.29, 1.82) is 0 Å². The lowest BCUT2D eigenvalue weighted by Crippen LogP contribution is -2.60. The average molecular weight is 910 g/mol. The van der Waals surface area contributed by atoms with Crippen LogP contribution < -0.4 is 5.32 Å². The predicted octanol–water partition coefficient (Wildman–Crippen LogP) is 12.1. The van der Waals surface area contributed by atoms with Crippen molar-refractivity contribution in [3.05, 3.63) is 97.2 Å². The van der Waals surface area contributed by atoms with Crippen LogP contribution in [0.5, 0.6) is 0 Å². The highest BCUT2D eigenvalue weighted by Crippen LogP contribution is 2.22. The summed E-state index contributed by atoms with van der Waals surface area (Å²) in [5.74, 6) is -0.188. The van der Waals surface area contributed by atoms with Crippen LogP contribution in [0.3, 0.4) is 0 Å². The molecule has 0 saturated carbocycles. The molecule has 7 atom stereocenters. The molecule has 0 spiro atoms. The number of nitrogens with one attached hydrogen (secondary N) is 1. The van der Waals surface area contributed by atoms with E-state index in [2.05, 4.69) is 104 Å². The molecule has 0 aliphatic carbocycles. The van der Waals surface area contributed by atoms with Crippen LogP contribution in [-0.2, 0) is 14.3 Å². The molecular formula is C56H95NO8. The fourth-order valence-electron chi connectivity index (χ4n) is 7.55. The van der Waals surface area contributed by atoms with Crippen molar-refractivity contribution in [1.82, 2.24) is 5.32 Å². The Morgan fingerprint density at radius 3 is 1.42 bits per heavy atom. The molecule has 9 heteroatoms. The standard InChI is InChI=1S/C56H95NO8/c1-3-5-7-9-11-13-14-15-16-17-18-19-20-21-22-23-24-25-26-27-28-29-30-31-32-33-34-35-36-38-40-42-44-46-52(60)57-49(50(59)45-43-41-39-37-12-10-8-6-4-2)48-64-56-55(63)54(62)53(61)51(47-58)65-56/h5,7,11,13,15-16,18-19,21-22,24-25,27-28,43,45,49-51,53-56,58-59,61-63H,3-4,6,8-10,12,14,17,20,23,26,29-42,44,46-48H2,1-2H3,(H,57,60)/b7-5-,13-11-,16-15-,19-18-,22-21-,25-24-,28-27-,45-43+. The number of ether oxygens (including phenoxy) is 2. The van der Waals surface area contributed by atoms with Gasteiger partial charge in [-0.25, -0.2) is 0 Å². The molecule has 372 valence electrons. The Morgan fingerprint density at radius 2 is 0.954 bits per heavy atom. The first-order valence-electron chi connectivity index (χ1n) is 26.0. The summed E-state index contributed by atoms with van der Waals surface area (Å²) in [6, 6.07) is -0.810. The minimum absolute atomic E-state index is 0.188. The summed E-state index contributed by atoms with van der Waals surface area (Å²) in [7, 11) is 0. The quantitative estimate of drug-likeness (QED) is 0.0262. The van der Waals surface area contributed by atoms with Gasteiger partial charge in [0.2, 0.25) is 5.91 Å². The van der Waals surface area contributed by atoms with E-state index in [1.807, 2.05) is 6.08 Å². The Hall–Kier alpha value is -2.89. The molecule has 1 aliphatic rings. The summed E-state index contributed by atoms with van der Waals surface area (Å²) in [4.78, 5) is 13.0. The molecule has 1 saturated heterocycles. The van der Waals surface area contributed by atoms with E-state index in [-0.39, 0.29) is 12.5 Å². The van der Waals surface area contributed by atoms with Crippen LogP contribution in [0.1, 0.15) is 194 Å². The van der Waals surface area contributed by atoms with E-state index in [9.17, 15) is 30.3 Å². The van der Waals surface area contributed by atoms with Crippen molar-refractivity contribution in [2.45, 2.75) is 236 Å². The number of aliphatic hydroxyl groups excluding tert-OH is 5. The zero-order valence-electron chi connectivity index (χ0n) is 41.0. The summed E-state index contributed by atoms with van der Waals surface area (Å²) in [5, 5.41) is 54.1. The molecule has 1 heterocycles. The highest BCUT2D eigenvalue weighted by Gasteiger charge is 2.44. The van der Waals surface area contributed by atoms with Crippen LogP contribution in [0, 0.1) is 0 Å². The van der Waals surface area contributed by atoms with Gasteiger partial charge in [0.05, 0.1) is 25.4 Å². The molecule has 1 amide bonds. The van der Waals surface area contributed by atoms with Crippen LogP contribution in [0.2, 0.25) is 0 Å². The van der Waals surface area contributed by atoms with Crippen molar-refractivity contribution in [2.75, 3.05) is 13.2 Å². The third-order valence-corrected chi connectivity index (χ3v) is 11.7. The van der Waals surface area contributed by atoms with Gasteiger partial charge >= 0.3 is 0 Å². The van der Waals surface area contributed by atoms with E-state index >= 15 is 0 Å². The van der Waals surface area contributed by atoms with Crippen LogP contribution in [0.4, 0.5) is 0 Å². The first-order chi connectivity index (χ1) is 31.8. The maximum atomic E-state index is 13.0. The van der Waals surface area contributed by atoms with Gasteiger partial charge in [-0.1, -0.05) is 207 Å². The fourth-order valence-corrected chi connectivity index (χ4v) is 7.55. The van der Waals surface area contributed by atoms with E-state index in [0.717, 1.165) is 89.9 Å². The van der Waals surface area contributed by atoms with Crippen molar-refractivity contribution in [2.24, 2.45) is 0 Å². The lowest BCUT2D eigenvalue weighted by atomic mass is 9.99. The highest BCUT2D eigenvalue weighted by molar-refractivity contribution is 5.76. The van der Waals surface area contributed by atoms with Crippen LogP contribution >= 0.6 is 0 Å². The number of aliphatic hydroxyl groups is 5. The Balaban J connectivity index is 2.15. The number of allylic oxidation sites excluding steroid dienone is 15. The smallest absolute Gasteiger partial charge is 0.220 e. The Labute approximate surface area is 396 Å². The van der Waals surface area contributed by atoms with Gasteiger partial charge < -0.3 is 40.3 Å². The number of hydrogen-bond acceptors (Lipinski definition) is 8. The molecule has 1 fully saturated rings. The minimum atomic E-state index is -1.57. The number of unbranched alkanes of at least 4 members (excludes halogenated alkanes) is 18. The molecule has 0 radical (unpaired) electrons. The molecule has 0 aromatic carbocycles. The third kappa shape index (κ3) is 35.0. The normalized spacial score (nSPS) is 20.8. The topological polar surface area (TPSA) is 149 Å². The van der Waals surface area contributed by atoms with Gasteiger partial charge in [-0.05, 0) is 77.0 Å². The van der Waals surface area contributed by atoms with Gasteiger partial charge in [0.25, 0.3) is 0 Å². The third-order valence-electron chi connectivity index (χ3n) is 11.7. The number of carbonyl (C=O) groups is 1. The van der Waals surface area contributed by atoms with E-state index in [1.165, 1.54) is 83.5 Å². The van der Waals surface area contributed by atoms with Crippen LogP contribution in [-0.4, -0.2) is 87.5 Å². The molecule has 1 rings (SSSR count). The van der Waals surface area contributed by atoms with Crippen molar-refractivity contribution >= 4 is 5.91 Å². The molecule has 0 aromatic heterocycles. The second-order valence-corrected chi connectivity index (χ2v) is 17.6. The molecule has 6 N–H and O–H groups in total. The molecule has 0 aromatic rings. The average Bonchev–Trinajstić information content (AvgIpc) is 3.31. The summed E-state index contributed by atoms with van der Waals surface area (Å²) < 4.78 is 11.2. The van der Waals surface area contributed by atoms with Gasteiger partial charge in [-0.3, -0.25) is 4.79 Å². The monoisotopic (exact) mass is 910 g/mol. The van der Waals surface area contributed by atoms with E-state index in [1.54, 1.807) is 6.08 Å². The maximum absolute atomic E-state index is 13.0. The van der Waals surface area contributed by atoms with Crippen LogP contribution in [0.25, 0.3) is 0 Å². The molecule has 65 heavy (non-hydrogen) atoms. The molecule has 7 unspecified atom stereocenters. The van der Waals surface area contributed by atoms with Crippen molar-refractivity contribution < 1.29 is 39.8 Å². The zero-order chi connectivity index (χ0) is 47.3. The summed E-state index contributed by atoms with van der Waals surface area (Å²) >= 11 is 0. The first-order valence-corrected chi connectivity index (χ1v) is 26.0. The Kier molecular flexibility index (Phi) is 41.6. The summed E-state index contributed by atoms with van der Waals surface area (Å²) in [6.45, 7) is 3.61. The number of amides is 1. The van der Waals surface area contributed by atoms with Crippen molar-refractivity contribution in [3.63, 3.8) is 0 Å².